The Bertz CT molecular complexity index is 588. The molecule has 0 bridgehead atoms. The van der Waals surface area contributed by atoms with Gasteiger partial charge in [0.1, 0.15) is 0 Å². The van der Waals surface area contributed by atoms with Gasteiger partial charge in [-0.2, -0.15) is 0 Å². The molecule has 3 atom stereocenters. The molecule has 21 heavy (non-hydrogen) atoms. The van der Waals surface area contributed by atoms with Crippen molar-refractivity contribution in [2.75, 3.05) is 11.9 Å². The van der Waals surface area contributed by atoms with Gasteiger partial charge in [-0.15, -0.1) is 0 Å². The molecule has 4 rings (SSSR count). The van der Waals surface area contributed by atoms with E-state index >= 15 is 0 Å². The van der Waals surface area contributed by atoms with Gasteiger partial charge in [0.25, 0.3) is 0 Å². The summed E-state index contributed by atoms with van der Waals surface area (Å²) in [5.74, 6) is 0.765. The van der Waals surface area contributed by atoms with E-state index in [1.165, 1.54) is 50.8 Å². The topological polar surface area (TPSA) is 48.8 Å². The van der Waals surface area contributed by atoms with Gasteiger partial charge in [0.05, 0.1) is 0 Å². The van der Waals surface area contributed by atoms with Crippen molar-refractivity contribution in [1.82, 2.24) is 5.32 Å². The van der Waals surface area contributed by atoms with Crippen LogP contribution in [0.3, 0.4) is 0 Å². The average Bonchev–Trinajstić information content (AvgIpc) is 3.20. The van der Waals surface area contributed by atoms with Crippen molar-refractivity contribution < 1.29 is 0 Å². The molecular formula is C16H22N4Se. The Balaban J connectivity index is 1.54. The van der Waals surface area contributed by atoms with E-state index in [1.807, 2.05) is 0 Å². The molecule has 1 saturated heterocycles. The molecule has 3 unspecified atom stereocenters. The molecule has 1 aromatic rings. The fourth-order valence-electron chi connectivity index (χ4n) is 4.02. The van der Waals surface area contributed by atoms with Crippen LogP contribution in [0.15, 0.2) is 26.1 Å². The standard InChI is InChI=1S/C16H22N4Se/c1-2-6-13(11(5-1)12-9-4-10-17-12)18-14-7-3-8-15-16(14)20-21-19-15/h3,7-8,11-13,17-18H,1-2,4-6,9-10H2. The molecule has 0 spiro atoms. The number of nitrogens with zero attached hydrogens (tertiary/aromatic N) is 2. The predicted molar refractivity (Wildman–Crippen MR) is 86.8 cm³/mol. The van der Waals surface area contributed by atoms with Crippen LogP contribution in [0.1, 0.15) is 38.5 Å². The molecule has 2 aliphatic heterocycles. The first-order valence-electron chi connectivity index (χ1n) is 8.13. The van der Waals surface area contributed by atoms with Crippen LogP contribution in [-0.4, -0.2) is 33.2 Å². The van der Waals surface area contributed by atoms with Crippen molar-refractivity contribution in [3.05, 3.63) is 18.2 Å². The number of rotatable bonds is 3. The summed E-state index contributed by atoms with van der Waals surface area (Å²) < 4.78 is 9.10. The third-order valence-electron chi connectivity index (χ3n) is 5.06. The van der Waals surface area contributed by atoms with Crippen molar-refractivity contribution >= 4 is 31.6 Å². The number of anilines is 1. The van der Waals surface area contributed by atoms with Crippen LogP contribution in [0, 0.1) is 5.92 Å². The molecule has 2 N–H and O–H groups in total. The first-order chi connectivity index (χ1) is 10.4. The molecule has 3 aliphatic rings. The van der Waals surface area contributed by atoms with Crippen LogP contribution in [-0.2, 0) is 0 Å². The summed E-state index contributed by atoms with van der Waals surface area (Å²) in [5, 5.41) is 7.54. The minimum absolute atomic E-state index is 0.0547. The SMILES string of the molecule is c1cc2c(c(NC3CCCCC3C3CCCN3)c1)N=[Se]=N2. The summed E-state index contributed by atoms with van der Waals surface area (Å²) in [6.45, 7) is 1.20. The van der Waals surface area contributed by atoms with Gasteiger partial charge in [0.2, 0.25) is 0 Å². The van der Waals surface area contributed by atoms with Crippen molar-refractivity contribution in [2.24, 2.45) is 13.8 Å². The van der Waals surface area contributed by atoms with Gasteiger partial charge < -0.3 is 0 Å². The van der Waals surface area contributed by atoms with Gasteiger partial charge in [-0.25, -0.2) is 0 Å². The maximum atomic E-state index is 4.60. The van der Waals surface area contributed by atoms with E-state index in [2.05, 4.69) is 36.8 Å². The van der Waals surface area contributed by atoms with Crippen LogP contribution in [0.4, 0.5) is 17.1 Å². The van der Waals surface area contributed by atoms with E-state index < -0.39 is 0 Å². The maximum absolute atomic E-state index is 4.60. The molecule has 2 heterocycles. The quantitative estimate of drug-likeness (QED) is 0.829. The van der Waals surface area contributed by atoms with Crippen LogP contribution < -0.4 is 10.6 Å². The predicted octanol–water partition coefficient (Wildman–Crippen LogP) is 3.76. The van der Waals surface area contributed by atoms with E-state index in [0.717, 1.165) is 17.3 Å². The Labute approximate surface area is 131 Å². The van der Waals surface area contributed by atoms with Gasteiger partial charge >= 0.3 is 131 Å². The summed E-state index contributed by atoms with van der Waals surface area (Å²) in [6, 6.07) is 7.66. The van der Waals surface area contributed by atoms with Crippen LogP contribution in [0.5, 0.6) is 0 Å². The normalized spacial score (nSPS) is 31.0. The minimum atomic E-state index is 0.0547. The van der Waals surface area contributed by atoms with Crippen molar-refractivity contribution in [3.63, 3.8) is 0 Å². The van der Waals surface area contributed by atoms with E-state index in [1.54, 1.807) is 0 Å². The van der Waals surface area contributed by atoms with E-state index in [0.29, 0.717) is 12.1 Å². The molecule has 0 aromatic heterocycles. The second-order valence-corrected chi connectivity index (χ2v) is 7.45. The monoisotopic (exact) mass is 350 g/mol. The van der Waals surface area contributed by atoms with E-state index in [9.17, 15) is 0 Å². The molecule has 0 amide bonds. The Morgan fingerprint density at radius 3 is 2.95 bits per heavy atom. The summed E-state index contributed by atoms with van der Waals surface area (Å²) in [5.41, 5.74) is 3.37. The van der Waals surface area contributed by atoms with Gasteiger partial charge in [0, 0.05) is 0 Å². The zero-order valence-electron chi connectivity index (χ0n) is 12.2. The first kappa shape index (κ1) is 13.7. The summed E-state index contributed by atoms with van der Waals surface area (Å²) in [4.78, 5) is 0. The fourth-order valence-corrected chi connectivity index (χ4v) is 5.17. The Kier molecular flexibility index (Phi) is 3.97. The average molecular weight is 349 g/mol. The Morgan fingerprint density at radius 1 is 1.10 bits per heavy atom. The van der Waals surface area contributed by atoms with Crippen molar-refractivity contribution in [2.45, 2.75) is 50.6 Å². The molecule has 2 fully saturated rings. The number of hydrogen-bond donors (Lipinski definition) is 2. The molecule has 1 aliphatic carbocycles. The zero-order chi connectivity index (χ0) is 14.1. The fraction of sp³-hybridized carbons (Fsp3) is 0.625. The number of fused-ring (bicyclic) bond motifs is 1. The Hall–Kier alpha value is -0.901. The van der Waals surface area contributed by atoms with E-state index in [4.69, 9.17) is 0 Å². The van der Waals surface area contributed by atoms with Crippen LogP contribution in [0.25, 0.3) is 0 Å². The van der Waals surface area contributed by atoms with Crippen LogP contribution >= 0.6 is 0 Å². The van der Waals surface area contributed by atoms with Crippen molar-refractivity contribution in [1.29, 1.82) is 0 Å². The number of hydrogen-bond acceptors (Lipinski definition) is 4. The third kappa shape index (κ3) is 2.75. The van der Waals surface area contributed by atoms with Crippen LogP contribution in [0.2, 0.25) is 0 Å². The number of nitrogens with one attached hydrogen (secondary N) is 2. The molecule has 1 saturated carbocycles. The summed E-state index contributed by atoms with van der Waals surface area (Å²) in [6.07, 6.45) is 8.06. The Morgan fingerprint density at radius 2 is 2.05 bits per heavy atom. The summed E-state index contributed by atoms with van der Waals surface area (Å²) >= 11 is 0.0547. The van der Waals surface area contributed by atoms with E-state index in [-0.39, 0.29) is 14.6 Å². The molecule has 5 heteroatoms. The molecular weight excluding hydrogens is 327 g/mol. The third-order valence-corrected chi connectivity index (χ3v) is 6.20. The number of benzene rings is 1. The van der Waals surface area contributed by atoms with Gasteiger partial charge in [0.15, 0.2) is 0 Å². The second kappa shape index (κ2) is 6.07. The van der Waals surface area contributed by atoms with Gasteiger partial charge in [-0.3, -0.25) is 0 Å². The van der Waals surface area contributed by atoms with Crippen molar-refractivity contribution in [3.8, 4) is 0 Å². The summed E-state index contributed by atoms with van der Waals surface area (Å²) in [7, 11) is 0. The second-order valence-electron chi connectivity index (χ2n) is 6.34. The molecule has 4 nitrogen and oxygen atoms in total. The molecule has 1 aromatic carbocycles. The zero-order valence-corrected chi connectivity index (χ0v) is 13.9. The molecule has 112 valence electrons. The van der Waals surface area contributed by atoms with Gasteiger partial charge in [-0.1, -0.05) is 0 Å². The van der Waals surface area contributed by atoms with Gasteiger partial charge in [-0.05, 0) is 0 Å². The molecule has 0 radical (unpaired) electrons. The first-order valence-corrected chi connectivity index (χ1v) is 9.66.